The van der Waals surface area contributed by atoms with Crippen molar-refractivity contribution in [2.75, 3.05) is 31.1 Å². The average molecular weight is 501 g/mol. The lowest BCUT2D eigenvalue weighted by Gasteiger charge is -2.36. The fourth-order valence-corrected chi connectivity index (χ4v) is 6.06. The van der Waals surface area contributed by atoms with Crippen LogP contribution in [0.15, 0.2) is 28.0 Å². The molecule has 3 aliphatic heterocycles. The zero-order chi connectivity index (χ0) is 24.0. The molecule has 0 aromatic carbocycles. The second-order valence-electron chi connectivity index (χ2n) is 9.13. The van der Waals surface area contributed by atoms with Gasteiger partial charge in [0.1, 0.15) is 15.8 Å². The van der Waals surface area contributed by atoms with Crippen molar-refractivity contribution in [2.45, 2.75) is 51.9 Å². The van der Waals surface area contributed by atoms with Crippen LogP contribution in [0.25, 0.3) is 11.7 Å². The van der Waals surface area contributed by atoms with E-state index in [1.54, 1.807) is 21.6 Å². The summed E-state index contributed by atoms with van der Waals surface area (Å²) in [6.45, 7) is 8.34. The summed E-state index contributed by atoms with van der Waals surface area (Å²) in [7, 11) is 0. The first kappa shape index (κ1) is 23.5. The molecule has 5 rings (SSSR count). The molecule has 2 aromatic heterocycles. The van der Waals surface area contributed by atoms with Crippen LogP contribution in [0.5, 0.6) is 0 Å². The third kappa shape index (κ3) is 4.39. The molecule has 10 heteroatoms. The Kier molecular flexibility index (Phi) is 6.49. The number of hydrogen-bond acceptors (Lipinski definition) is 8. The fourth-order valence-electron chi connectivity index (χ4n) is 4.80. The quantitative estimate of drug-likeness (QED) is 0.469. The molecule has 0 radical (unpaired) electrons. The van der Waals surface area contributed by atoms with Crippen molar-refractivity contribution in [1.29, 1.82) is 0 Å². The molecule has 34 heavy (non-hydrogen) atoms. The second kappa shape index (κ2) is 9.41. The first-order chi connectivity index (χ1) is 16.3. The smallest absolute Gasteiger partial charge is 0.267 e. The Hall–Kier alpha value is -2.27. The normalized spacial score (nSPS) is 26.9. The molecule has 3 fully saturated rings. The van der Waals surface area contributed by atoms with Gasteiger partial charge < -0.3 is 14.4 Å². The molecule has 3 atom stereocenters. The number of rotatable bonds is 4. The number of aryl methyl sites for hydroxylation is 1. The van der Waals surface area contributed by atoms with Crippen LogP contribution in [0.3, 0.4) is 0 Å². The standard InChI is InChI=1S/C24H28N4O4S2/c1-14-6-4-8-27-20(14)25-21(26-11-15(2)32-16(3)12-26)18(22(27)29)10-19-23(30)28(24(33)34-19)13-17-7-5-9-31-17/h4,6,8,10,15-17H,5,7,9,11-13H2,1-3H3/b19-10+/t15-,16-,17+/m0/s1. The summed E-state index contributed by atoms with van der Waals surface area (Å²) in [5.41, 5.74) is 1.70. The molecule has 0 spiro atoms. The molecule has 0 aliphatic carbocycles. The van der Waals surface area contributed by atoms with Crippen LogP contribution < -0.4 is 10.5 Å². The molecule has 8 nitrogen and oxygen atoms in total. The first-order valence-corrected chi connectivity index (χ1v) is 12.8. The lowest BCUT2D eigenvalue weighted by molar-refractivity contribution is -0.123. The highest BCUT2D eigenvalue weighted by Gasteiger charge is 2.35. The van der Waals surface area contributed by atoms with E-state index in [0.29, 0.717) is 52.5 Å². The molecule has 3 aliphatic rings. The number of aromatic nitrogens is 2. The highest BCUT2D eigenvalue weighted by Crippen LogP contribution is 2.35. The number of ether oxygens (including phenoxy) is 2. The van der Waals surface area contributed by atoms with Gasteiger partial charge in [-0.1, -0.05) is 30.0 Å². The minimum Gasteiger partial charge on any atom is -0.376 e. The molecule has 5 heterocycles. The van der Waals surface area contributed by atoms with E-state index >= 15 is 0 Å². The monoisotopic (exact) mass is 500 g/mol. The number of amides is 1. The maximum Gasteiger partial charge on any atom is 0.267 e. The summed E-state index contributed by atoms with van der Waals surface area (Å²) in [6, 6.07) is 3.76. The van der Waals surface area contributed by atoms with Crippen molar-refractivity contribution in [3.8, 4) is 0 Å². The van der Waals surface area contributed by atoms with Crippen LogP contribution in [-0.2, 0) is 14.3 Å². The van der Waals surface area contributed by atoms with Crippen molar-refractivity contribution in [3.05, 3.63) is 44.7 Å². The lowest BCUT2D eigenvalue weighted by atomic mass is 10.1. The van der Waals surface area contributed by atoms with Crippen LogP contribution in [0, 0.1) is 6.92 Å². The molecule has 0 N–H and O–H groups in total. The topological polar surface area (TPSA) is 76.4 Å². The van der Waals surface area contributed by atoms with Gasteiger partial charge >= 0.3 is 0 Å². The Labute approximate surface area is 207 Å². The van der Waals surface area contributed by atoms with Gasteiger partial charge in [0.15, 0.2) is 0 Å². The van der Waals surface area contributed by atoms with Gasteiger partial charge in [-0.05, 0) is 51.3 Å². The Balaban J connectivity index is 1.59. The number of hydrogen-bond donors (Lipinski definition) is 0. The molecule has 180 valence electrons. The van der Waals surface area contributed by atoms with Gasteiger partial charge in [0.2, 0.25) is 0 Å². The van der Waals surface area contributed by atoms with Crippen LogP contribution in [0.1, 0.15) is 37.8 Å². The number of thioether (sulfide) groups is 1. The lowest BCUT2D eigenvalue weighted by Crippen LogP contribution is -2.46. The van der Waals surface area contributed by atoms with E-state index < -0.39 is 0 Å². The molecule has 0 unspecified atom stereocenters. The summed E-state index contributed by atoms with van der Waals surface area (Å²) in [5.74, 6) is 0.389. The zero-order valence-corrected chi connectivity index (χ0v) is 21.2. The van der Waals surface area contributed by atoms with E-state index in [-0.39, 0.29) is 29.8 Å². The van der Waals surface area contributed by atoms with E-state index in [0.717, 1.165) is 18.4 Å². The van der Waals surface area contributed by atoms with Gasteiger partial charge in [-0.15, -0.1) is 0 Å². The average Bonchev–Trinajstić information content (AvgIpc) is 3.39. The van der Waals surface area contributed by atoms with Gasteiger partial charge in [0.25, 0.3) is 11.5 Å². The molecular weight excluding hydrogens is 472 g/mol. The Bertz CT molecular complexity index is 1230. The summed E-state index contributed by atoms with van der Waals surface area (Å²) >= 11 is 6.73. The molecule has 1 amide bonds. The summed E-state index contributed by atoms with van der Waals surface area (Å²) < 4.78 is 13.6. The number of thiocarbonyl (C=S) groups is 1. The van der Waals surface area contributed by atoms with E-state index in [1.165, 1.54) is 11.8 Å². The van der Waals surface area contributed by atoms with Crippen molar-refractivity contribution in [1.82, 2.24) is 14.3 Å². The summed E-state index contributed by atoms with van der Waals surface area (Å²) in [5, 5.41) is 0. The number of pyridine rings is 1. The number of fused-ring (bicyclic) bond motifs is 1. The number of nitrogens with zero attached hydrogens (tertiary/aromatic N) is 4. The van der Waals surface area contributed by atoms with E-state index in [2.05, 4.69) is 4.90 Å². The minimum absolute atomic E-state index is 0.00153. The van der Waals surface area contributed by atoms with Crippen LogP contribution >= 0.6 is 24.0 Å². The summed E-state index contributed by atoms with van der Waals surface area (Å²) in [4.78, 5) is 36.0. The van der Waals surface area contributed by atoms with Gasteiger partial charge in [0.05, 0.1) is 35.3 Å². The number of morpholine rings is 1. The third-order valence-electron chi connectivity index (χ3n) is 6.34. The molecular formula is C24H28N4O4S2. The Morgan fingerprint density at radius 3 is 2.74 bits per heavy atom. The Morgan fingerprint density at radius 1 is 1.26 bits per heavy atom. The maximum absolute atomic E-state index is 13.7. The van der Waals surface area contributed by atoms with Gasteiger partial charge in [-0.3, -0.25) is 18.9 Å². The highest BCUT2D eigenvalue weighted by atomic mass is 32.2. The van der Waals surface area contributed by atoms with E-state index in [9.17, 15) is 9.59 Å². The predicted molar refractivity (Wildman–Crippen MR) is 137 cm³/mol. The number of carbonyl (C=O) groups excluding carboxylic acids is 1. The van der Waals surface area contributed by atoms with Crippen LogP contribution in [0.2, 0.25) is 0 Å². The van der Waals surface area contributed by atoms with Crippen molar-refractivity contribution < 1.29 is 14.3 Å². The van der Waals surface area contributed by atoms with Crippen LogP contribution in [0.4, 0.5) is 5.82 Å². The highest BCUT2D eigenvalue weighted by molar-refractivity contribution is 8.26. The fraction of sp³-hybridized carbons (Fsp3) is 0.500. The largest absolute Gasteiger partial charge is 0.376 e. The minimum atomic E-state index is -0.208. The van der Waals surface area contributed by atoms with Crippen molar-refractivity contribution >= 4 is 51.7 Å². The van der Waals surface area contributed by atoms with Crippen molar-refractivity contribution in [3.63, 3.8) is 0 Å². The first-order valence-electron chi connectivity index (χ1n) is 11.6. The summed E-state index contributed by atoms with van der Waals surface area (Å²) in [6.07, 6.45) is 5.29. The van der Waals surface area contributed by atoms with Gasteiger partial charge in [-0.25, -0.2) is 4.98 Å². The Morgan fingerprint density at radius 2 is 2.03 bits per heavy atom. The maximum atomic E-state index is 13.7. The zero-order valence-electron chi connectivity index (χ0n) is 19.5. The molecule has 0 saturated carbocycles. The molecule has 0 bridgehead atoms. The predicted octanol–water partition coefficient (Wildman–Crippen LogP) is 3.00. The molecule has 2 aromatic rings. The van der Waals surface area contributed by atoms with E-state index in [4.69, 9.17) is 26.7 Å². The number of carbonyl (C=O) groups is 1. The third-order valence-corrected chi connectivity index (χ3v) is 7.72. The molecule has 3 saturated heterocycles. The van der Waals surface area contributed by atoms with Crippen molar-refractivity contribution in [2.24, 2.45) is 0 Å². The van der Waals surface area contributed by atoms with Gasteiger partial charge in [-0.2, -0.15) is 0 Å². The second-order valence-corrected chi connectivity index (χ2v) is 10.8. The number of anilines is 1. The van der Waals surface area contributed by atoms with E-state index in [1.807, 2.05) is 32.9 Å². The van der Waals surface area contributed by atoms with Crippen LogP contribution in [-0.4, -0.2) is 69.1 Å². The SMILES string of the molecule is Cc1cccn2c(=O)c(/C=C3/SC(=S)N(C[C@H]4CCCO4)C3=O)c(N3C[C@H](C)O[C@@H](C)C3)nc12. The van der Waals surface area contributed by atoms with Gasteiger partial charge in [0, 0.05) is 25.9 Å².